The second-order valence-electron chi connectivity index (χ2n) is 5.36. The Hall–Kier alpha value is -1.26. The molecule has 3 rings (SSSR count). The first-order valence-corrected chi connectivity index (χ1v) is 7.78. The number of hydrogen-bond donors (Lipinski definition) is 0. The Morgan fingerprint density at radius 3 is 2.75 bits per heavy atom. The van der Waals surface area contributed by atoms with Crippen LogP contribution in [0.1, 0.15) is 19.3 Å². The molecule has 0 saturated carbocycles. The van der Waals surface area contributed by atoms with Crippen LogP contribution in [0.4, 0.5) is 0 Å². The maximum absolute atomic E-state index is 12.2. The molecule has 0 radical (unpaired) electrons. The van der Waals surface area contributed by atoms with Gasteiger partial charge in [-0.1, -0.05) is 30.0 Å². The first-order valence-electron chi connectivity index (χ1n) is 6.97. The van der Waals surface area contributed by atoms with Crippen LogP contribution in [0.25, 0.3) is 0 Å². The van der Waals surface area contributed by atoms with E-state index < -0.39 is 0 Å². The van der Waals surface area contributed by atoms with Gasteiger partial charge in [-0.25, -0.2) is 4.79 Å². The maximum atomic E-state index is 12.2. The van der Waals surface area contributed by atoms with E-state index in [4.69, 9.17) is 4.74 Å². The molecule has 2 unspecified atom stereocenters. The fourth-order valence-electron chi connectivity index (χ4n) is 3.20. The van der Waals surface area contributed by atoms with Crippen LogP contribution >= 0.6 is 11.8 Å². The third-order valence-electron chi connectivity index (χ3n) is 4.29. The summed E-state index contributed by atoms with van der Waals surface area (Å²) in [6.45, 7) is 0. The van der Waals surface area contributed by atoms with E-state index in [1.807, 2.05) is 18.2 Å². The van der Waals surface area contributed by atoms with Crippen LogP contribution in [0.3, 0.4) is 0 Å². The van der Waals surface area contributed by atoms with Crippen molar-refractivity contribution in [3.8, 4) is 0 Å². The summed E-state index contributed by atoms with van der Waals surface area (Å²) in [5.74, 6) is -0.166. The summed E-state index contributed by atoms with van der Waals surface area (Å²) in [5.41, 5.74) is 0.873. The van der Waals surface area contributed by atoms with Gasteiger partial charge in [0, 0.05) is 21.9 Å². The van der Waals surface area contributed by atoms with Crippen molar-refractivity contribution in [3.63, 3.8) is 0 Å². The molecule has 4 heteroatoms. The van der Waals surface area contributed by atoms with E-state index >= 15 is 0 Å². The third kappa shape index (κ3) is 2.38. The molecule has 20 heavy (non-hydrogen) atoms. The average molecular weight is 289 g/mol. The topological polar surface area (TPSA) is 29.5 Å². The quantitative estimate of drug-likeness (QED) is 0.800. The third-order valence-corrected chi connectivity index (χ3v) is 5.43. The van der Waals surface area contributed by atoms with Gasteiger partial charge < -0.3 is 4.74 Å². The standard InChI is InChI=1S/C16H19NO2S/c1-17-11-8-9-13(17)15(16(18)19-2)14(10-11)20-12-6-4-3-5-7-12/h3-7,11,13H,8-10H2,1-2H3. The van der Waals surface area contributed by atoms with Crippen LogP contribution in [-0.2, 0) is 9.53 Å². The molecule has 1 fully saturated rings. The molecule has 2 heterocycles. The van der Waals surface area contributed by atoms with E-state index in [0.29, 0.717) is 6.04 Å². The Morgan fingerprint density at radius 2 is 2.05 bits per heavy atom. The van der Waals surface area contributed by atoms with E-state index in [1.54, 1.807) is 11.8 Å². The molecule has 3 nitrogen and oxygen atoms in total. The molecule has 2 atom stereocenters. The number of methoxy groups -OCH3 is 1. The van der Waals surface area contributed by atoms with Crippen molar-refractivity contribution in [3.05, 3.63) is 40.8 Å². The molecule has 106 valence electrons. The monoisotopic (exact) mass is 289 g/mol. The lowest BCUT2D eigenvalue weighted by Crippen LogP contribution is -2.40. The minimum absolute atomic E-state index is 0.166. The van der Waals surface area contributed by atoms with Gasteiger partial charge in [0.05, 0.1) is 12.7 Å². The number of carbonyl (C=O) groups excluding carboxylic acids is 1. The minimum atomic E-state index is -0.166. The van der Waals surface area contributed by atoms with Crippen molar-refractivity contribution in [2.24, 2.45) is 0 Å². The zero-order valence-electron chi connectivity index (χ0n) is 11.8. The molecule has 1 saturated heterocycles. The number of thioether (sulfide) groups is 1. The summed E-state index contributed by atoms with van der Waals surface area (Å²) in [4.78, 5) is 16.9. The number of fused-ring (bicyclic) bond motifs is 2. The Morgan fingerprint density at radius 1 is 1.30 bits per heavy atom. The Balaban J connectivity index is 1.95. The van der Waals surface area contributed by atoms with Crippen molar-refractivity contribution in [1.29, 1.82) is 0 Å². The molecular formula is C16H19NO2S. The number of nitrogens with zero attached hydrogens (tertiary/aromatic N) is 1. The molecule has 1 aromatic carbocycles. The number of hydrogen-bond acceptors (Lipinski definition) is 4. The van der Waals surface area contributed by atoms with Crippen LogP contribution in [0, 0.1) is 0 Å². The minimum Gasteiger partial charge on any atom is -0.466 e. The van der Waals surface area contributed by atoms with Gasteiger partial charge in [0.2, 0.25) is 0 Å². The molecule has 2 aliphatic rings. The van der Waals surface area contributed by atoms with Crippen molar-refractivity contribution in [2.75, 3.05) is 14.2 Å². The van der Waals surface area contributed by atoms with Crippen molar-refractivity contribution >= 4 is 17.7 Å². The Labute approximate surface area is 124 Å². The molecule has 2 bridgehead atoms. The second-order valence-corrected chi connectivity index (χ2v) is 6.53. The zero-order chi connectivity index (χ0) is 14.1. The van der Waals surface area contributed by atoms with Crippen molar-refractivity contribution in [2.45, 2.75) is 36.2 Å². The Kier molecular flexibility index (Phi) is 3.85. The smallest absolute Gasteiger partial charge is 0.336 e. The highest BCUT2D eigenvalue weighted by molar-refractivity contribution is 8.03. The average Bonchev–Trinajstić information content (AvgIpc) is 2.72. The van der Waals surface area contributed by atoms with Gasteiger partial charge in [-0.15, -0.1) is 0 Å². The van der Waals surface area contributed by atoms with Gasteiger partial charge in [0.25, 0.3) is 0 Å². The summed E-state index contributed by atoms with van der Waals surface area (Å²) in [6.07, 6.45) is 3.18. The number of likely N-dealkylation sites (N-methyl/N-ethyl adjacent to an activating group) is 1. The first kappa shape index (κ1) is 13.7. The first-order chi connectivity index (χ1) is 9.70. The summed E-state index contributed by atoms with van der Waals surface area (Å²) >= 11 is 1.72. The molecule has 0 aromatic heterocycles. The van der Waals surface area contributed by atoms with Crippen molar-refractivity contribution in [1.82, 2.24) is 4.90 Å². The fourth-order valence-corrected chi connectivity index (χ4v) is 4.39. The summed E-state index contributed by atoms with van der Waals surface area (Å²) in [5, 5.41) is 0. The van der Waals surface area contributed by atoms with Crippen molar-refractivity contribution < 1.29 is 9.53 Å². The number of esters is 1. The largest absolute Gasteiger partial charge is 0.466 e. The lowest BCUT2D eigenvalue weighted by molar-refractivity contribution is -0.137. The van der Waals surface area contributed by atoms with Gasteiger partial charge in [0.1, 0.15) is 0 Å². The summed E-state index contributed by atoms with van der Waals surface area (Å²) in [6, 6.07) is 11.1. The number of ether oxygens (including phenoxy) is 1. The SMILES string of the molecule is COC(=O)C1=C(Sc2ccccc2)CC2CCC1N2C. The van der Waals surface area contributed by atoms with Crippen LogP contribution in [0.2, 0.25) is 0 Å². The van der Waals surface area contributed by atoms with E-state index in [2.05, 4.69) is 24.1 Å². The van der Waals surface area contributed by atoms with Gasteiger partial charge in [0.15, 0.2) is 0 Å². The highest BCUT2D eigenvalue weighted by Gasteiger charge is 2.42. The maximum Gasteiger partial charge on any atom is 0.336 e. The molecular weight excluding hydrogens is 270 g/mol. The summed E-state index contributed by atoms with van der Waals surface area (Å²) in [7, 11) is 3.59. The highest BCUT2D eigenvalue weighted by Crippen LogP contribution is 2.44. The fraction of sp³-hybridized carbons (Fsp3) is 0.438. The molecule has 2 aliphatic heterocycles. The predicted molar refractivity (Wildman–Crippen MR) is 80.5 cm³/mol. The second kappa shape index (κ2) is 5.62. The molecule has 0 N–H and O–H groups in total. The Bertz CT molecular complexity index is 541. The van der Waals surface area contributed by atoms with E-state index in [1.165, 1.54) is 23.3 Å². The van der Waals surface area contributed by atoms with Crippen LogP contribution < -0.4 is 0 Å². The van der Waals surface area contributed by atoms with E-state index in [0.717, 1.165) is 18.4 Å². The molecule has 0 aliphatic carbocycles. The highest BCUT2D eigenvalue weighted by atomic mass is 32.2. The van der Waals surface area contributed by atoms with Gasteiger partial charge in [-0.05, 0) is 38.4 Å². The number of rotatable bonds is 3. The van der Waals surface area contributed by atoms with E-state index in [9.17, 15) is 4.79 Å². The summed E-state index contributed by atoms with van der Waals surface area (Å²) < 4.78 is 5.02. The molecule has 1 aromatic rings. The van der Waals surface area contributed by atoms with Gasteiger partial charge in [-0.2, -0.15) is 0 Å². The van der Waals surface area contributed by atoms with Crippen LogP contribution in [0.5, 0.6) is 0 Å². The molecule has 0 amide bonds. The van der Waals surface area contributed by atoms with Gasteiger partial charge >= 0.3 is 5.97 Å². The lowest BCUT2D eigenvalue weighted by atomic mass is 10.0. The molecule has 0 spiro atoms. The zero-order valence-corrected chi connectivity index (χ0v) is 12.7. The lowest BCUT2D eigenvalue weighted by Gasteiger charge is -2.33. The van der Waals surface area contributed by atoms with E-state index in [-0.39, 0.29) is 12.0 Å². The predicted octanol–water partition coefficient (Wildman–Crippen LogP) is 3.07. The number of carbonyl (C=O) groups is 1. The normalized spacial score (nSPS) is 25.9. The van der Waals surface area contributed by atoms with Crippen LogP contribution in [0.15, 0.2) is 45.7 Å². The van der Waals surface area contributed by atoms with Crippen LogP contribution in [-0.4, -0.2) is 37.1 Å². The number of benzene rings is 1. The van der Waals surface area contributed by atoms with Gasteiger partial charge in [-0.3, -0.25) is 4.90 Å².